The summed E-state index contributed by atoms with van der Waals surface area (Å²) in [4.78, 5) is 26.7. The summed E-state index contributed by atoms with van der Waals surface area (Å²) in [6.07, 6.45) is 1.74. The van der Waals surface area contributed by atoms with Gasteiger partial charge in [0.2, 0.25) is 5.91 Å². The third-order valence-electron chi connectivity index (χ3n) is 4.87. The second kappa shape index (κ2) is 5.85. The quantitative estimate of drug-likeness (QED) is 0.877. The minimum absolute atomic E-state index is 0.0646. The van der Waals surface area contributed by atoms with Crippen LogP contribution in [0.1, 0.15) is 40.7 Å². The molecule has 0 spiro atoms. The van der Waals surface area contributed by atoms with Crippen LogP contribution < -0.4 is 10.2 Å². The molecule has 4 rings (SSSR count). The van der Waals surface area contributed by atoms with Gasteiger partial charge in [0.25, 0.3) is 5.91 Å². The molecule has 1 atom stereocenters. The maximum atomic E-state index is 13.9. The van der Waals surface area contributed by atoms with Crippen molar-refractivity contribution in [2.45, 2.75) is 25.7 Å². The van der Waals surface area contributed by atoms with E-state index in [0.717, 1.165) is 36.2 Å². The van der Waals surface area contributed by atoms with Crippen molar-refractivity contribution in [3.05, 3.63) is 57.9 Å². The van der Waals surface area contributed by atoms with E-state index in [1.165, 1.54) is 18.2 Å². The summed E-state index contributed by atoms with van der Waals surface area (Å²) < 4.78 is 13.9. The van der Waals surface area contributed by atoms with Gasteiger partial charge in [0, 0.05) is 12.2 Å². The van der Waals surface area contributed by atoms with Crippen molar-refractivity contribution in [2.24, 2.45) is 0 Å². The molecule has 2 aliphatic heterocycles. The predicted molar refractivity (Wildman–Crippen MR) is 94.9 cm³/mol. The highest BCUT2D eigenvalue weighted by Crippen LogP contribution is 2.44. The second-order valence-electron chi connectivity index (χ2n) is 6.44. The lowest BCUT2D eigenvalue weighted by atomic mass is 9.96. The molecule has 0 bridgehead atoms. The van der Waals surface area contributed by atoms with Gasteiger partial charge in [0.1, 0.15) is 5.82 Å². The van der Waals surface area contributed by atoms with E-state index in [1.807, 2.05) is 17.9 Å². The summed E-state index contributed by atoms with van der Waals surface area (Å²) in [6, 6.07) is 7.80. The topological polar surface area (TPSA) is 49.4 Å². The molecule has 0 fully saturated rings. The van der Waals surface area contributed by atoms with Gasteiger partial charge in [-0.1, -0.05) is 17.7 Å². The minimum Gasteiger partial charge on any atom is -0.322 e. The van der Waals surface area contributed by atoms with E-state index in [4.69, 9.17) is 11.6 Å². The molecule has 2 aliphatic rings. The molecule has 2 aromatic carbocycles. The van der Waals surface area contributed by atoms with E-state index in [-0.39, 0.29) is 22.4 Å². The molecule has 0 radical (unpaired) electrons. The van der Waals surface area contributed by atoms with Crippen LogP contribution in [0.5, 0.6) is 0 Å². The van der Waals surface area contributed by atoms with Gasteiger partial charge in [0.15, 0.2) is 0 Å². The Morgan fingerprint density at radius 3 is 2.92 bits per heavy atom. The number of aryl methyl sites for hydroxylation is 1. The number of rotatable bonds is 2. The Morgan fingerprint density at radius 1 is 1.36 bits per heavy atom. The van der Waals surface area contributed by atoms with Gasteiger partial charge >= 0.3 is 0 Å². The van der Waals surface area contributed by atoms with Crippen molar-refractivity contribution in [3.8, 4) is 0 Å². The number of nitrogens with one attached hydrogen (secondary N) is 1. The Balaban J connectivity index is 1.72. The first-order valence-electron chi connectivity index (χ1n) is 8.21. The van der Waals surface area contributed by atoms with E-state index in [1.54, 1.807) is 6.07 Å². The molecule has 0 saturated carbocycles. The van der Waals surface area contributed by atoms with Crippen LogP contribution in [0.2, 0.25) is 5.02 Å². The van der Waals surface area contributed by atoms with Crippen molar-refractivity contribution in [1.29, 1.82) is 0 Å². The molecular weight excluding hydrogens is 343 g/mol. The number of amides is 2. The first-order chi connectivity index (χ1) is 12.0. The summed E-state index contributed by atoms with van der Waals surface area (Å²) >= 11 is 5.96. The fourth-order valence-electron chi connectivity index (χ4n) is 3.68. The van der Waals surface area contributed by atoms with E-state index in [9.17, 15) is 14.0 Å². The Morgan fingerprint density at radius 2 is 2.16 bits per heavy atom. The van der Waals surface area contributed by atoms with Crippen molar-refractivity contribution in [1.82, 2.24) is 0 Å². The van der Waals surface area contributed by atoms with Crippen LogP contribution in [-0.4, -0.2) is 18.4 Å². The Hall–Kier alpha value is -2.40. The average molecular weight is 359 g/mol. The smallest absolute Gasteiger partial charge is 0.260 e. The van der Waals surface area contributed by atoms with Crippen molar-refractivity contribution >= 4 is 34.8 Å². The maximum absolute atomic E-state index is 13.9. The number of carbonyl (C=O) groups excluding carboxylic acids is 2. The molecule has 128 valence electrons. The number of hydrogen-bond donors (Lipinski definition) is 1. The van der Waals surface area contributed by atoms with Gasteiger partial charge in [-0.25, -0.2) is 4.39 Å². The Labute approximate surface area is 149 Å². The zero-order valence-corrected chi connectivity index (χ0v) is 14.4. The summed E-state index contributed by atoms with van der Waals surface area (Å²) in [6.45, 7) is 2.61. The molecule has 0 unspecified atom stereocenters. The number of anilines is 2. The number of halogens is 2. The highest BCUT2D eigenvalue weighted by Gasteiger charge is 2.38. The molecule has 0 saturated heterocycles. The van der Waals surface area contributed by atoms with Gasteiger partial charge in [-0.3, -0.25) is 9.59 Å². The highest BCUT2D eigenvalue weighted by molar-refractivity contribution is 6.34. The molecule has 2 amide bonds. The third-order valence-corrected chi connectivity index (χ3v) is 5.18. The molecule has 4 nitrogen and oxygen atoms in total. The lowest BCUT2D eigenvalue weighted by Gasteiger charge is -2.26. The Kier molecular flexibility index (Phi) is 3.76. The van der Waals surface area contributed by atoms with E-state index >= 15 is 0 Å². The number of carbonyl (C=O) groups is 2. The summed E-state index contributed by atoms with van der Waals surface area (Å²) in [5.41, 5.74) is 3.31. The van der Waals surface area contributed by atoms with Crippen LogP contribution in [0, 0.1) is 5.82 Å². The summed E-state index contributed by atoms with van der Waals surface area (Å²) in [5, 5.41) is 2.79. The molecule has 6 heteroatoms. The van der Waals surface area contributed by atoms with Gasteiger partial charge in [-0.15, -0.1) is 0 Å². The summed E-state index contributed by atoms with van der Waals surface area (Å²) in [5.74, 6) is -1.40. The predicted octanol–water partition coefficient (Wildman–Crippen LogP) is 4.13. The van der Waals surface area contributed by atoms with Gasteiger partial charge in [0.05, 0.1) is 22.2 Å². The van der Waals surface area contributed by atoms with Crippen LogP contribution >= 0.6 is 11.6 Å². The lowest BCUT2D eigenvalue weighted by Crippen LogP contribution is -2.32. The van der Waals surface area contributed by atoms with Crippen LogP contribution in [0.15, 0.2) is 30.3 Å². The zero-order valence-electron chi connectivity index (χ0n) is 13.6. The van der Waals surface area contributed by atoms with Crippen molar-refractivity contribution < 1.29 is 14.0 Å². The largest absolute Gasteiger partial charge is 0.322 e. The maximum Gasteiger partial charge on any atom is 0.260 e. The third kappa shape index (κ3) is 2.50. The first kappa shape index (κ1) is 16.1. The van der Waals surface area contributed by atoms with Crippen molar-refractivity contribution in [3.63, 3.8) is 0 Å². The van der Waals surface area contributed by atoms with Crippen molar-refractivity contribution in [2.75, 3.05) is 16.8 Å². The fraction of sp³-hybridized carbons (Fsp3) is 0.263. The number of nitrogens with zero attached hydrogens (tertiary/aromatic N) is 1. The SMILES string of the molecule is C[C@H]1C(=O)N2CCCc3cc(NC(=O)c4c(F)cccc4Cl)cc1c32. The molecule has 2 aromatic rings. The van der Waals surface area contributed by atoms with E-state index in [2.05, 4.69) is 5.32 Å². The van der Waals surface area contributed by atoms with Crippen LogP contribution in [-0.2, 0) is 11.2 Å². The number of hydrogen-bond acceptors (Lipinski definition) is 2. The number of benzene rings is 2. The normalized spacial score (nSPS) is 18.3. The van der Waals surface area contributed by atoms with Crippen LogP contribution in [0.3, 0.4) is 0 Å². The first-order valence-corrected chi connectivity index (χ1v) is 8.58. The molecular formula is C19H16ClFN2O2. The molecule has 2 heterocycles. The van der Waals surface area contributed by atoms with Gasteiger partial charge < -0.3 is 10.2 Å². The van der Waals surface area contributed by atoms with Crippen LogP contribution in [0.25, 0.3) is 0 Å². The highest BCUT2D eigenvalue weighted by atomic mass is 35.5. The standard InChI is InChI=1S/C19H16ClFN2O2/c1-10-13-9-12(8-11-4-3-7-23(17(11)13)19(10)25)22-18(24)16-14(20)5-2-6-15(16)21/h2,5-6,8-10H,3-4,7H2,1H3,(H,22,24)/t10-/m1/s1. The monoisotopic (exact) mass is 358 g/mol. The summed E-state index contributed by atoms with van der Waals surface area (Å²) in [7, 11) is 0. The van der Waals surface area contributed by atoms with E-state index < -0.39 is 11.7 Å². The minimum atomic E-state index is -0.665. The molecule has 0 aliphatic carbocycles. The van der Waals surface area contributed by atoms with E-state index in [0.29, 0.717) is 5.69 Å². The van der Waals surface area contributed by atoms with Gasteiger partial charge in [-0.2, -0.15) is 0 Å². The van der Waals surface area contributed by atoms with Crippen LogP contribution in [0.4, 0.5) is 15.8 Å². The second-order valence-corrected chi connectivity index (χ2v) is 6.85. The molecule has 25 heavy (non-hydrogen) atoms. The molecule has 0 aromatic heterocycles. The van der Waals surface area contributed by atoms with Gasteiger partial charge in [-0.05, 0) is 55.2 Å². The zero-order chi connectivity index (χ0) is 17.7. The Bertz CT molecular complexity index is 892. The molecule has 1 N–H and O–H groups in total. The lowest BCUT2D eigenvalue weighted by molar-refractivity contribution is -0.119. The average Bonchev–Trinajstić information content (AvgIpc) is 2.81. The fourth-order valence-corrected chi connectivity index (χ4v) is 3.92.